The molecule has 210 valence electrons. The monoisotopic (exact) mass is 537 g/mol. The molecule has 2 aromatic heterocycles. The molecule has 0 amide bonds. The number of ether oxygens (including phenoxy) is 2. The third-order valence-corrected chi connectivity index (χ3v) is 5.85. The molecule has 10 heteroatoms. The highest BCUT2D eigenvalue weighted by Gasteiger charge is 2.24. The van der Waals surface area contributed by atoms with Crippen LogP contribution < -0.4 is 10.2 Å². The average molecular weight is 537 g/mol. The lowest BCUT2D eigenvalue weighted by Crippen LogP contribution is -2.24. The maximum atomic E-state index is 12.5. The molecule has 0 saturated heterocycles. The van der Waals surface area contributed by atoms with Gasteiger partial charge in [-0.1, -0.05) is 59.0 Å². The number of unbranched alkanes of at least 4 members (excludes halogenated alkanes) is 4. The van der Waals surface area contributed by atoms with Crippen LogP contribution in [-0.2, 0) is 22.6 Å². The van der Waals surface area contributed by atoms with Crippen molar-refractivity contribution in [3.05, 3.63) is 46.2 Å². The molecule has 0 spiro atoms. The van der Waals surface area contributed by atoms with E-state index < -0.39 is 11.9 Å². The maximum absolute atomic E-state index is 12.5. The van der Waals surface area contributed by atoms with Crippen LogP contribution in [0.5, 0.6) is 5.75 Å². The molecule has 1 aliphatic rings. The number of carboxylic acids is 1. The van der Waals surface area contributed by atoms with Crippen molar-refractivity contribution in [1.29, 1.82) is 0 Å². The van der Waals surface area contributed by atoms with Crippen LogP contribution >= 0.6 is 0 Å². The van der Waals surface area contributed by atoms with E-state index in [9.17, 15) is 14.4 Å². The Balaban J connectivity index is 0.000000815. The van der Waals surface area contributed by atoms with Gasteiger partial charge < -0.3 is 19.1 Å². The summed E-state index contributed by atoms with van der Waals surface area (Å²) in [5.41, 5.74) is 1.91. The van der Waals surface area contributed by atoms with Gasteiger partial charge in [0.25, 0.3) is 0 Å². The minimum atomic E-state index is -0.745. The highest BCUT2D eigenvalue weighted by atomic mass is 16.5. The standard InChI is InChI=1S/C24H27N3O6.C4H10.CH3B/c1-32-24(31)17-15-26-11-12-27-23(18(26)14-19(17)28)16-8-7-9-20(22(16)25-27)33-13-6-4-2-3-5-10-21(29)30;1-4(2)3;1-2/h7-9,14-15H,2-6,10-13H2,1H3,(H,29,30);4H,1-3H3;1H3. The van der Waals surface area contributed by atoms with Gasteiger partial charge in [0.1, 0.15) is 16.8 Å². The number of pyridine rings is 1. The Hall–Kier alpha value is -3.56. The maximum Gasteiger partial charge on any atom is 0.343 e. The summed E-state index contributed by atoms with van der Waals surface area (Å²) in [6, 6.07) is 7.22. The number of hydrogen-bond acceptors (Lipinski definition) is 6. The van der Waals surface area contributed by atoms with Gasteiger partial charge in [0.2, 0.25) is 0 Å². The number of benzene rings is 1. The number of methoxy groups -OCH3 is 1. The fourth-order valence-electron chi connectivity index (χ4n) is 4.19. The number of esters is 1. The molecule has 0 atom stereocenters. The van der Waals surface area contributed by atoms with Crippen molar-refractivity contribution in [2.75, 3.05) is 13.7 Å². The Morgan fingerprint density at radius 1 is 1.08 bits per heavy atom. The summed E-state index contributed by atoms with van der Waals surface area (Å²) in [5.74, 6) is 0.141. The SMILES string of the molecule is CC(C)C.COC(=O)c1cn2c(cc1=O)-c1c3cccc(OCCCCCCCC(=O)O)c3nn1CC2.[B]C. The number of hydrogen-bond donors (Lipinski definition) is 1. The smallest absolute Gasteiger partial charge is 0.343 e. The summed E-state index contributed by atoms with van der Waals surface area (Å²) in [6.45, 7) is 9.74. The van der Waals surface area contributed by atoms with E-state index in [4.69, 9.17) is 19.7 Å². The molecule has 0 aliphatic carbocycles. The lowest BCUT2D eigenvalue weighted by molar-refractivity contribution is -0.137. The number of nitrogens with zero attached hydrogens (tertiary/aromatic N) is 3. The van der Waals surface area contributed by atoms with Crippen LogP contribution in [0, 0.1) is 5.92 Å². The molecule has 0 bridgehead atoms. The number of carbonyl (C=O) groups excluding carboxylic acids is 1. The first-order valence-corrected chi connectivity index (χ1v) is 13.5. The summed E-state index contributed by atoms with van der Waals surface area (Å²) in [6.07, 6.45) is 6.25. The molecular formula is C29H40BN3O6. The molecule has 1 N–H and O–H groups in total. The Labute approximate surface area is 231 Å². The minimum Gasteiger partial charge on any atom is -0.491 e. The van der Waals surface area contributed by atoms with E-state index in [1.165, 1.54) is 20.0 Å². The second-order valence-electron chi connectivity index (χ2n) is 9.84. The molecule has 9 nitrogen and oxygen atoms in total. The van der Waals surface area contributed by atoms with Gasteiger partial charge in [0.05, 0.1) is 39.5 Å². The Kier molecular flexibility index (Phi) is 12.8. The summed E-state index contributed by atoms with van der Waals surface area (Å²) < 4.78 is 14.5. The highest BCUT2D eigenvalue weighted by Crippen LogP contribution is 2.35. The van der Waals surface area contributed by atoms with Gasteiger partial charge in [-0.2, -0.15) is 5.10 Å². The Morgan fingerprint density at radius 3 is 2.41 bits per heavy atom. The van der Waals surface area contributed by atoms with E-state index >= 15 is 0 Å². The van der Waals surface area contributed by atoms with Crippen LogP contribution in [0.2, 0.25) is 6.82 Å². The summed E-state index contributed by atoms with van der Waals surface area (Å²) in [7, 11) is 5.76. The third-order valence-electron chi connectivity index (χ3n) is 5.85. The van der Waals surface area contributed by atoms with Crippen molar-refractivity contribution in [3.8, 4) is 17.1 Å². The number of aromatic nitrogens is 3. The van der Waals surface area contributed by atoms with Gasteiger partial charge in [-0.3, -0.25) is 14.3 Å². The van der Waals surface area contributed by atoms with Gasteiger partial charge in [-0.15, -0.1) is 0 Å². The Morgan fingerprint density at radius 2 is 1.74 bits per heavy atom. The van der Waals surface area contributed by atoms with E-state index in [0.717, 1.165) is 48.2 Å². The molecule has 1 aliphatic heterocycles. The number of fused-ring (bicyclic) bond motifs is 5. The van der Waals surface area contributed by atoms with Gasteiger partial charge in [0.15, 0.2) is 5.43 Å². The van der Waals surface area contributed by atoms with Crippen molar-refractivity contribution in [1.82, 2.24) is 14.3 Å². The average Bonchev–Trinajstić information content (AvgIpc) is 3.30. The zero-order valence-electron chi connectivity index (χ0n) is 23.7. The largest absolute Gasteiger partial charge is 0.491 e. The molecule has 0 saturated carbocycles. The number of aliphatic carboxylic acids is 1. The number of aryl methyl sites for hydroxylation is 2. The van der Waals surface area contributed by atoms with Crippen LogP contribution in [0.3, 0.4) is 0 Å². The summed E-state index contributed by atoms with van der Waals surface area (Å²) in [5, 5.41) is 14.3. The van der Waals surface area contributed by atoms with Gasteiger partial charge in [-0.25, -0.2) is 4.79 Å². The normalized spacial score (nSPS) is 11.4. The second-order valence-corrected chi connectivity index (χ2v) is 9.84. The minimum absolute atomic E-state index is 0.0190. The molecule has 2 radical (unpaired) electrons. The van der Waals surface area contributed by atoms with Crippen LogP contribution in [0.1, 0.15) is 69.7 Å². The first-order valence-electron chi connectivity index (χ1n) is 13.5. The van der Waals surface area contributed by atoms with E-state index in [2.05, 4.69) is 28.6 Å². The van der Waals surface area contributed by atoms with Crippen molar-refractivity contribution in [3.63, 3.8) is 0 Å². The van der Waals surface area contributed by atoms with Crippen molar-refractivity contribution >= 4 is 30.7 Å². The van der Waals surface area contributed by atoms with Crippen LogP contribution in [0.25, 0.3) is 22.3 Å². The Bertz CT molecular complexity index is 1300. The zero-order valence-corrected chi connectivity index (χ0v) is 23.7. The quantitative estimate of drug-likeness (QED) is 0.211. The third kappa shape index (κ3) is 8.73. The van der Waals surface area contributed by atoms with Gasteiger partial charge in [0, 0.05) is 30.6 Å². The van der Waals surface area contributed by atoms with E-state index in [0.29, 0.717) is 37.6 Å². The molecule has 0 fully saturated rings. The fraction of sp³-hybridized carbons (Fsp3) is 0.517. The molecule has 39 heavy (non-hydrogen) atoms. The predicted molar refractivity (Wildman–Crippen MR) is 154 cm³/mol. The fourth-order valence-corrected chi connectivity index (χ4v) is 4.19. The second kappa shape index (κ2) is 15.8. The van der Waals surface area contributed by atoms with E-state index in [-0.39, 0.29) is 17.4 Å². The van der Waals surface area contributed by atoms with Crippen LogP contribution in [0.15, 0.2) is 35.3 Å². The van der Waals surface area contributed by atoms with Gasteiger partial charge >= 0.3 is 11.9 Å². The first kappa shape index (κ1) is 31.7. The molecular weight excluding hydrogens is 497 g/mol. The summed E-state index contributed by atoms with van der Waals surface area (Å²) in [4.78, 5) is 35.0. The van der Waals surface area contributed by atoms with Crippen molar-refractivity contribution < 1.29 is 24.2 Å². The van der Waals surface area contributed by atoms with Gasteiger partial charge in [-0.05, 0) is 24.8 Å². The zero-order chi connectivity index (χ0) is 28.9. The molecule has 3 heterocycles. The number of carboxylic acid groups (broad SMARTS) is 1. The van der Waals surface area contributed by atoms with Crippen molar-refractivity contribution in [2.24, 2.45) is 5.92 Å². The molecule has 0 unspecified atom stereocenters. The van der Waals surface area contributed by atoms with Crippen molar-refractivity contribution in [2.45, 2.75) is 79.2 Å². The number of carbonyl (C=O) groups is 2. The number of rotatable bonds is 10. The topological polar surface area (TPSA) is 113 Å². The molecule has 4 rings (SSSR count). The summed E-state index contributed by atoms with van der Waals surface area (Å²) >= 11 is 0. The van der Waals surface area contributed by atoms with Crippen LogP contribution in [0.4, 0.5) is 0 Å². The van der Waals surface area contributed by atoms with Crippen LogP contribution in [-0.4, -0.2) is 53.0 Å². The molecule has 1 aromatic carbocycles. The molecule has 3 aromatic rings. The predicted octanol–water partition coefficient (Wildman–Crippen LogP) is 5.33. The van der Waals surface area contributed by atoms with E-state index in [1.807, 2.05) is 27.4 Å². The lowest BCUT2D eigenvalue weighted by Gasteiger charge is -2.21. The first-order chi connectivity index (χ1) is 18.7. The lowest BCUT2D eigenvalue weighted by atomic mass is 10.1. The highest BCUT2D eigenvalue weighted by molar-refractivity contribution is 6.05. The van der Waals surface area contributed by atoms with E-state index in [1.54, 1.807) is 6.20 Å².